The third-order valence-corrected chi connectivity index (χ3v) is 5.47. The molecule has 0 aliphatic rings. The maximum absolute atomic E-state index is 13.5. The first-order chi connectivity index (χ1) is 17.5. The molecule has 36 heavy (non-hydrogen) atoms. The number of hydrogen-bond donors (Lipinski definition) is 2. The Morgan fingerprint density at radius 3 is 2.50 bits per heavy atom. The van der Waals surface area contributed by atoms with Crippen molar-refractivity contribution in [3.05, 3.63) is 77.1 Å². The number of hydrogen-bond acceptors (Lipinski definition) is 8. The SMILES string of the molecule is CCOc1ccccc1NC(=O)c1cc2c(CO)cnc(C)c2oc1=Nc1cc(OC)cc(OC)c1. The molecule has 0 saturated carbocycles. The van der Waals surface area contributed by atoms with E-state index in [-0.39, 0.29) is 17.7 Å². The Hall–Kier alpha value is -4.37. The van der Waals surface area contributed by atoms with Crippen molar-refractivity contribution in [1.82, 2.24) is 4.98 Å². The molecule has 2 heterocycles. The summed E-state index contributed by atoms with van der Waals surface area (Å²) in [5.74, 6) is 1.15. The molecule has 9 heteroatoms. The Morgan fingerprint density at radius 1 is 1.11 bits per heavy atom. The first kappa shape index (κ1) is 24.7. The molecule has 0 atom stereocenters. The number of fused-ring (bicyclic) bond motifs is 1. The van der Waals surface area contributed by atoms with Crippen molar-refractivity contribution in [1.29, 1.82) is 0 Å². The third-order valence-electron chi connectivity index (χ3n) is 5.47. The van der Waals surface area contributed by atoms with Crippen molar-refractivity contribution in [3.63, 3.8) is 0 Å². The average Bonchev–Trinajstić information content (AvgIpc) is 2.89. The fourth-order valence-electron chi connectivity index (χ4n) is 3.68. The molecule has 1 amide bonds. The van der Waals surface area contributed by atoms with Crippen LogP contribution in [0.5, 0.6) is 17.2 Å². The lowest BCUT2D eigenvalue weighted by Gasteiger charge is -2.12. The van der Waals surface area contributed by atoms with Gasteiger partial charge in [0.1, 0.15) is 22.8 Å². The van der Waals surface area contributed by atoms with Crippen LogP contribution in [0.1, 0.15) is 28.5 Å². The van der Waals surface area contributed by atoms with Crippen molar-refractivity contribution >= 4 is 28.3 Å². The van der Waals surface area contributed by atoms with Gasteiger partial charge in [-0.3, -0.25) is 9.78 Å². The van der Waals surface area contributed by atoms with Crippen molar-refractivity contribution < 1.29 is 28.5 Å². The van der Waals surface area contributed by atoms with Crippen molar-refractivity contribution in [2.45, 2.75) is 20.5 Å². The van der Waals surface area contributed by atoms with Crippen LogP contribution >= 0.6 is 0 Å². The van der Waals surface area contributed by atoms with Gasteiger partial charge in [0, 0.05) is 35.3 Å². The molecule has 186 valence electrons. The Balaban J connectivity index is 1.93. The average molecular weight is 490 g/mol. The maximum atomic E-state index is 13.5. The van der Waals surface area contributed by atoms with Gasteiger partial charge in [-0.25, -0.2) is 4.99 Å². The number of anilines is 1. The number of nitrogens with zero attached hydrogens (tertiary/aromatic N) is 2. The third kappa shape index (κ3) is 5.16. The molecule has 0 aliphatic heterocycles. The quantitative estimate of drug-likeness (QED) is 0.374. The number of pyridine rings is 1. The predicted molar refractivity (Wildman–Crippen MR) is 135 cm³/mol. The van der Waals surface area contributed by atoms with Gasteiger partial charge in [-0.1, -0.05) is 12.1 Å². The van der Waals surface area contributed by atoms with Crippen LogP contribution in [0.3, 0.4) is 0 Å². The zero-order chi connectivity index (χ0) is 25.7. The van der Waals surface area contributed by atoms with E-state index in [4.69, 9.17) is 18.6 Å². The number of rotatable bonds is 8. The Morgan fingerprint density at radius 2 is 1.83 bits per heavy atom. The van der Waals surface area contributed by atoms with E-state index in [1.54, 1.807) is 69.8 Å². The van der Waals surface area contributed by atoms with Crippen molar-refractivity contribution in [2.75, 3.05) is 26.1 Å². The highest BCUT2D eigenvalue weighted by molar-refractivity contribution is 6.06. The van der Waals surface area contributed by atoms with E-state index in [9.17, 15) is 9.90 Å². The molecule has 0 unspecified atom stereocenters. The zero-order valence-electron chi connectivity index (χ0n) is 20.5. The van der Waals surface area contributed by atoms with Gasteiger partial charge in [0.15, 0.2) is 5.58 Å². The van der Waals surface area contributed by atoms with E-state index in [0.29, 0.717) is 57.5 Å². The Bertz CT molecular complexity index is 1460. The summed E-state index contributed by atoms with van der Waals surface area (Å²) in [6.45, 7) is 3.83. The molecule has 0 saturated heterocycles. The molecule has 2 aromatic carbocycles. The highest BCUT2D eigenvalue weighted by Crippen LogP contribution is 2.29. The predicted octanol–water partition coefficient (Wildman–Crippen LogP) is 4.53. The second kappa shape index (κ2) is 10.9. The van der Waals surface area contributed by atoms with Crippen LogP contribution < -0.4 is 25.1 Å². The van der Waals surface area contributed by atoms with Crippen LogP contribution in [-0.2, 0) is 6.61 Å². The molecule has 4 rings (SSSR count). The minimum Gasteiger partial charge on any atom is -0.497 e. The van der Waals surface area contributed by atoms with Gasteiger partial charge in [-0.05, 0) is 32.0 Å². The maximum Gasteiger partial charge on any atom is 0.261 e. The number of carbonyl (C=O) groups excluding carboxylic acids is 1. The lowest BCUT2D eigenvalue weighted by molar-refractivity contribution is 0.102. The number of benzene rings is 2. The van der Waals surface area contributed by atoms with E-state index in [1.165, 1.54) is 0 Å². The molecule has 0 aliphatic carbocycles. The van der Waals surface area contributed by atoms with Crippen LogP contribution in [0.4, 0.5) is 11.4 Å². The van der Waals surface area contributed by atoms with E-state index in [1.807, 2.05) is 13.0 Å². The number of methoxy groups -OCH3 is 2. The summed E-state index contributed by atoms with van der Waals surface area (Å²) in [7, 11) is 3.08. The van der Waals surface area contributed by atoms with Crippen LogP contribution in [-0.4, -0.2) is 36.8 Å². The highest BCUT2D eigenvalue weighted by atomic mass is 16.5. The Kier molecular flexibility index (Phi) is 7.50. The number of carbonyl (C=O) groups is 1. The molecule has 9 nitrogen and oxygen atoms in total. The van der Waals surface area contributed by atoms with Crippen LogP contribution in [0.2, 0.25) is 0 Å². The number of amides is 1. The number of aryl methyl sites for hydroxylation is 1. The molecule has 2 aromatic heterocycles. The Labute approximate surface area is 208 Å². The number of aliphatic hydroxyl groups is 1. The summed E-state index contributed by atoms with van der Waals surface area (Å²) >= 11 is 0. The summed E-state index contributed by atoms with van der Waals surface area (Å²) < 4.78 is 22.5. The largest absolute Gasteiger partial charge is 0.497 e. The van der Waals surface area contributed by atoms with E-state index in [0.717, 1.165) is 0 Å². The number of aliphatic hydroxyl groups excluding tert-OH is 1. The summed E-state index contributed by atoms with van der Waals surface area (Å²) in [5.41, 5.74) is 2.73. The molecule has 2 N–H and O–H groups in total. The van der Waals surface area contributed by atoms with Gasteiger partial charge in [-0.15, -0.1) is 0 Å². The summed E-state index contributed by atoms with van der Waals surface area (Å²) in [6.07, 6.45) is 1.56. The summed E-state index contributed by atoms with van der Waals surface area (Å²) in [6, 6.07) is 13.9. The molecule has 0 fully saturated rings. The number of para-hydroxylation sites is 2. The normalized spacial score (nSPS) is 11.4. The molecule has 4 aromatic rings. The first-order valence-corrected chi connectivity index (χ1v) is 11.3. The van der Waals surface area contributed by atoms with Crippen LogP contribution in [0.15, 0.2) is 64.1 Å². The van der Waals surface area contributed by atoms with Gasteiger partial charge < -0.3 is 29.1 Å². The minimum atomic E-state index is -0.459. The van der Waals surface area contributed by atoms with Gasteiger partial charge in [0.05, 0.1) is 44.5 Å². The van der Waals surface area contributed by atoms with Crippen LogP contribution in [0.25, 0.3) is 11.0 Å². The van der Waals surface area contributed by atoms with E-state index in [2.05, 4.69) is 15.3 Å². The number of ether oxygens (including phenoxy) is 3. The molecule has 0 bridgehead atoms. The second-order valence-electron chi connectivity index (χ2n) is 7.80. The first-order valence-electron chi connectivity index (χ1n) is 11.3. The van der Waals surface area contributed by atoms with E-state index < -0.39 is 5.91 Å². The minimum absolute atomic E-state index is 0.0594. The van der Waals surface area contributed by atoms with Gasteiger partial charge in [0.25, 0.3) is 5.91 Å². The zero-order valence-corrected chi connectivity index (χ0v) is 20.5. The smallest absolute Gasteiger partial charge is 0.261 e. The fraction of sp³-hybridized carbons (Fsp3) is 0.222. The molecular formula is C27H27N3O6. The number of aromatic nitrogens is 1. The standard InChI is InChI=1S/C27H27N3O6/c1-5-35-24-9-7-6-8-23(24)30-26(32)22-13-21-17(15-31)14-28-16(2)25(21)36-27(22)29-18-10-19(33-3)12-20(11-18)34-4/h6-14,31H,5,15H2,1-4H3,(H,30,32). The molecule has 0 spiro atoms. The van der Waals surface area contributed by atoms with Gasteiger partial charge in [0.2, 0.25) is 5.55 Å². The monoisotopic (exact) mass is 489 g/mol. The topological polar surface area (TPSA) is 115 Å². The summed E-state index contributed by atoms with van der Waals surface area (Å²) in [4.78, 5) is 22.5. The van der Waals surface area contributed by atoms with Gasteiger partial charge >= 0.3 is 0 Å². The fourth-order valence-corrected chi connectivity index (χ4v) is 3.68. The number of nitrogens with one attached hydrogen (secondary N) is 1. The lowest BCUT2D eigenvalue weighted by Crippen LogP contribution is -2.22. The molecule has 0 radical (unpaired) electrons. The van der Waals surface area contributed by atoms with E-state index >= 15 is 0 Å². The van der Waals surface area contributed by atoms with Crippen LogP contribution in [0, 0.1) is 6.92 Å². The second-order valence-corrected chi connectivity index (χ2v) is 7.80. The summed E-state index contributed by atoms with van der Waals surface area (Å²) in [5, 5.41) is 13.3. The van der Waals surface area contributed by atoms with Crippen molar-refractivity contribution in [3.8, 4) is 17.2 Å². The molecular weight excluding hydrogens is 462 g/mol. The van der Waals surface area contributed by atoms with Crippen molar-refractivity contribution in [2.24, 2.45) is 4.99 Å². The highest BCUT2D eigenvalue weighted by Gasteiger charge is 2.18. The lowest BCUT2D eigenvalue weighted by atomic mass is 10.1. The van der Waals surface area contributed by atoms with Gasteiger partial charge in [-0.2, -0.15) is 0 Å².